The molecule has 0 saturated heterocycles. The number of amides is 2. The van der Waals surface area contributed by atoms with Crippen LogP contribution in [-0.2, 0) is 9.59 Å². The molecule has 0 spiro atoms. The Kier molecular flexibility index (Phi) is 9.26. The minimum absolute atomic E-state index is 0. The molecule has 0 aromatic carbocycles. The van der Waals surface area contributed by atoms with E-state index in [1.165, 1.54) is 24.8 Å². The van der Waals surface area contributed by atoms with Gasteiger partial charge in [-0.1, -0.05) is 30.9 Å². The lowest BCUT2D eigenvalue weighted by molar-refractivity contribution is -0.129. The van der Waals surface area contributed by atoms with Crippen LogP contribution in [-0.4, -0.2) is 37.5 Å². The number of halogens is 1. The smallest absolute Gasteiger partial charge is 0.242 e. The first-order valence-corrected chi connectivity index (χ1v) is 8.61. The number of hydrogen-bond acceptors (Lipinski definition) is 3. The van der Waals surface area contributed by atoms with Crippen molar-refractivity contribution in [3.63, 3.8) is 0 Å². The fourth-order valence-corrected chi connectivity index (χ4v) is 3.20. The van der Waals surface area contributed by atoms with Crippen molar-refractivity contribution < 1.29 is 9.59 Å². The molecule has 1 aliphatic carbocycles. The van der Waals surface area contributed by atoms with Crippen LogP contribution in [0.25, 0.3) is 0 Å². The van der Waals surface area contributed by atoms with Gasteiger partial charge in [-0.05, 0) is 38.6 Å². The molecule has 0 aromatic rings. The maximum Gasteiger partial charge on any atom is 0.242 e. The molecule has 1 saturated carbocycles. The molecule has 2 amide bonds. The summed E-state index contributed by atoms with van der Waals surface area (Å²) in [6, 6.07) is -0.460. The summed E-state index contributed by atoms with van der Waals surface area (Å²) in [5.74, 6) is 0.413. The zero-order valence-electron chi connectivity index (χ0n) is 14.0. The number of rotatable bonds is 6. The van der Waals surface area contributed by atoms with Gasteiger partial charge in [-0.3, -0.25) is 9.59 Å². The van der Waals surface area contributed by atoms with Crippen molar-refractivity contribution in [1.82, 2.24) is 16.0 Å². The van der Waals surface area contributed by atoms with E-state index < -0.39 is 6.04 Å². The van der Waals surface area contributed by atoms with E-state index in [0.717, 1.165) is 32.4 Å². The van der Waals surface area contributed by atoms with E-state index in [0.29, 0.717) is 18.9 Å². The standard InChI is InChI=1S/C17H29N3O2.ClH/c1-13(17(22)19-12-15-7-9-18-10-8-15)20-16(21)11-14-5-3-2-4-6-14;/h7,13-14,18H,2-6,8-12H2,1H3,(H,19,22)(H,20,21);1H. The highest BCUT2D eigenvalue weighted by atomic mass is 35.5. The third-order valence-corrected chi connectivity index (χ3v) is 4.62. The Bertz CT molecular complexity index is 420. The number of hydrogen-bond donors (Lipinski definition) is 3. The van der Waals surface area contributed by atoms with Gasteiger partial charge in [0.1, 0.15) is 6.04 Å². The quantitative estimate of drug-likeness (QED) is 0.645. The average Bonchev–Trinajstić information content (AvgIpc) is 2.54. The fraction of sp³-hybridized carbons (Fsp3) is 0.765. The van der Waals surface area contributed by atoms with Gasteiger partial charge in [0.05, 0.1) is 0 Å². The van der Waals surface area contributed by atoms with Gasteiger partial charge in [0.15, 0.2) is 0 Å². The summed E-state index contributed by atoms with van der Waals surface area (Å²) in [4.78, 5) is 24.1. The van der Waals surface area contributed by atoms with Gasteiger partial charge in [0.25, 0.3) is 0 Å². The Morgan fingerprint density at radius 1 is 1.30 bits per heavy atom. The number of carbonyl (C=O) groups excluding carboxylic acids is 2. The van der Waals surface area contributed by atoms with Crippen LogP contribution >= 0.6 is 12.4 Å². The van der Waals surface area contributed by atoms with Gasteiger partial charge in [-0.25, -0.2) is 0 Å². The molecule has 1 heterocycles. The molecule has 0 radical (unpaired) electrons. The van der Waals surface area contributed by atoms with Gasteiger partial charge >= 0.3 is 0 Å². The van der Waals surface area contributed by atoms with E-state index in [1.54, 1.807) is 6.92 Å². The lowest BCUT2D eigenvalue weighted by atomic mass is 9.87. The van der Waals surface area contributed by atoms with Crippen LogP contribution in [0.5, 0.6) is 0 Å². The van der Waals surface area contributed by atoms with E-state index >= 15 is 0 Å². The summed E-state index contributed by atoms with van der Waals surface area (Å²) in [5.41, 5.74) is 1.26. The predicted molar refractivity (Wildman–Crippen MR) is 94.6 cm³/mol. The molecule has 0 aromatic heterocycles. The molecule has 3 N–H and O–H groups in total. The SMILES string of the molecule is CC(NC(=O)CC1CCCCC1)C(=O)NCC1=CCNCC1.Cl. The second-order valence-corrected chi connectivity index (χ2v) is 6.53. The lowest BCUT2D eigenvalue weighted by Crippen LogP contribution is -2.45. The monoisotopic (exact) mass is 343 g/mol. The first-order valence-electron chi connectivity index (χ1n) is 8.61. The van der Waals surface area contributed by atoms with Crippen molar-refractivity contribution >= 4 is 24.2 Å². The Labute approximate surface area is 145 Å². The minimum Gasteiger partial charge on any atom is -0.351 e. The van der Waals surface area contributed by atoms with Crippen molar-refractivity contribution in [1.29, 1.82) is 0 Å². The summed E-state index contributed by atoms with van der Waals surface area (Å²) in [7, 11) is 0. The summed E-state index contributed by atoms with van der Waals surface area (Å²) < 4.78 is 0. The molecule has 2 rings (SSSR count). The second-order valence-electron chi connectivity index (χ2n) is 6.53. The predicted octanol–water partition coefficient (Wildman–Crippen LogP) is 1.92. The zero-order chi connectivity index (χ0) is 15.8. The molecule has 1 unspecified atom stereocenters. The fourth-order valence-electron chi connectivity index (χ4n) is 3.20. The van der Waals surface area contributed by atoms with E-state index in [1.807, 2.05) is 0 Å². The van der Waals surface area contributed by atoms with E-state index in [4.69, 9.17) is 0 Å². The summed E-state index contributed by atoms with van der Waals surface area (Å²) in [6.07, 6.45) is 9.72. The molecular weight excluding hydrogens is 314 g/mol. The average molecular weight is 344 g/mol. The maximum atomic E-state index is 12.0. The first-order chi connectivity index (χ1) is 10.6. The molecule has 1 fully saturated rings. The molecule has 1 aliphatic heterocycles. The summed E-state index contributed by atoms with van der Waals surface area (Å²) >= 11 is 0. The Balaban J connectivity index is 0.00000264. The van der Waals surface area contributed by atoms with Crippen LogP contribution in [0.2, 0.25) is 0 Å². The summed E-state index contributed by atoms with van der Waals surface area (Å²) in [5, 5.41) is 8.99. The zero-order valence-corrected chi connectivity index (χ0v) is 14.8. The van der Waals surface area contributed by atoms with Crippen LogP contribution < -0.4 is 16.0 Å². The summed E-state index contributed by atoms with van der Waals surface area (Å²) in [6.45, 7) is 4.18. The van der Waals surface area contributed by atoms with E-state index in [2.05, 4.69) is 22.0 Å². The molecule has 5 nitrogen and oxygen atoms in total. The first kappa shape index (κ1) is 20.0. The normalized spacial score (nSPS) is 20.0. The molecular formula is C17H30ClN3O2. The molecule has 6 heteroatoms. The van der Waals surface area contributed by atoms with Crippen molar-refractivity contribution in [2.24, 2.45) is 5.92 Å². The Hall–Kier alpha value is -1.07. The van der Waals surface area contributed by atoms with Crippen LogP contribution in [0, 0.1) is 5.92 Å². The highest BCUT2D eigenvalue weighted by Gasteiger charge is 2.20. The maximum absolute atomic E-state index is 12.0. The highest BCUT2D eigenvalue weighted by molar-refractivity contribution is 5.87. The van der Waals surface area contributed by atoms with Gasteiger partial charge in [0.2, 0.25) is 11.8 Å². The Morgan fingerprint density at radius 2 is 2.04 bits per heavy atom. The second kappa shape index (κ2) is 10.7. The Morgan fingerprint density at radius 3 is 2.70 bits per heavy atom. The van der Waals surface area contributed by atoms with E-state index in [9.17, 15) is 9.59 Å². The largest absolute Gasteiger partial charge is 0.351 e. The molecule has 0 bridgehead atoms. The van der Waals surface area contributed by atoms with Crippen LogP contribution in [0.3, 0.4) is 0 Å². The van der Waals surface area contributed by atoms with Crippen LogP contribution in [0.15, 0.2) is 11.6 Å². The number of nitrogens with one attached hydrogen (secondary N) is 3. The van der Waals surface area contributed by atoms with Crippen molar-refractivity contribution in [2.45, 2.75) is 57.9 Å². The topological polar surface area (TPSA) is 70.2 Å². The van der Waals surface area contributed by atoms with Crippen LogP contribution in [0.4, 0.5) is 0 Å². The third kappa shape index (κ3) is 7.36. The van der Waals surface area contributed by atoms with Gasteiger partial charge < -0.3 is 16.0 Å². The molecule has 132 valence electrons. The minimum atomic E-state index is -0.460. The van der Waals surface area contributed by atoms with E-state index in [-0.39, 0.29) is 24.2 Å². The molecule has 1 atom stereocenters. The molecule has 23 heavy (non-hydrogen) atoms. The van der Waals surface area contributed by atoms with Crippen LogP contribution in [0.1, 0.15) is 51.9 Å². The van der Waals surface area contributed by atoms with Gasteiger partial charge in [-0.2, -0.15) is 0 Å². The van der Waals surface area contributed by atoms with Crippen molar-refractivity contribution in [3.8, 4) is 0 Å². The van der Waals surface area contributed by atoms with Gasteiger partial charge in [0, 0.05) is 19.5 Å². The van der Waals surface area contributed by atoms with Crippen molar-refractivity contribution in [3.05, 3.63) is 11.6 Å². The van der Waals surface area contributed by atoms with Crippen molar-refractivity contribution in [2.75, 3.05) is 19.6 Å². The highest BCUT2D eigenvalue weighted by Crippen LogP contribution is 2.26. The molecule has 2 aliphatic rings. The van der Waals surface area contributed by atoms with Gasteiger partial charge in [-0.15, -0.1) is 12.4 Å². The third-order valence-electron chi connectivity index (χ3n) is 4.62. The lowest BCUT2D eigenvalue weighted by Gasteiger charge is -2.22. The number of carbonyl (C=O) groups is 2.